The van der Waals surface area contributed by atoms with Gasteiger partial charge in [0.2, 0.25) is 0 Å². The zero-order valence-electron chi connectivity index (χ0n) is 12.7. The second-order valence-corrected chi connectivity index (χ2v) is 7.51. The van der Waals surface area contributed by atoms with Crippen LogP contribution >= 0.6 is 23.4 Å². The minimum Gasteiger partial charge on any atom is -0.370 e. The van der Waals surface area contributed by atoms with Gasteiger partial charge in [-0.2, -0.15) is 11.8 Å². The van der Waals surface area contributed by atoms with Crippen molar-refractivity contribution in [1.29, 1.82) is 0 Å². The normalized spacial score (nSPS) is 18.8. The smallest absolute Gasteiger partial charge is 0.0413 e. The number of benzene rings is 1. The highest BCUT2D eigenvalue weighted by Gasteiger charge is 2.21. The summed E-state index contributed by atoms with van der Waals surface area (Å²) >= 11 is 8.22. The van der Waals surface area contributed by atoms with E-state index in [1.807, 2.05) is 6.07 Å². The van der Waals surface area contributed by atoms with Crippen LogP contribution in [0, 0.1) is 5.92 Å². The maximum atomic E-state index is 6.17. The quantitative estimate of drug-likeness (QED) is 0.854. The standard InChI is InChI=1S/C16H25ClN2S/c1-12(2)9-18-10-13-8-14(17)4-5-16(13)19(3)15-6-7-20-11-15/h4-5,8,12,15,18H,6-7,9-11H2,1-3H3. The van der Waals surface area contributed by atoms with E-state index in [4.69, 9.17) is 11.6 Å². The van der Waals surface area contributed by atoms with Crippen molar-refractivity contribution in [2.24, 2.45) is 5.92 Å². The van der Waals surface area contributed by atoms with Gasteiger partial charge < -0.3 is 10.2 Å². The molecular formula is C16H25ClN2S. The van der Waals surface area contributed by atoms with Crippen molar-refractivity contribution >= 4 is 29.1 Å². The fraction of sp³-hybridized carbons (Fsp3) is 0.625. The topological polar surface area (TPSA) is 15.3 Å². The molecular weight excluding hydrogens is 288 g/mol. The summed E-state index contributed by atoms with van der Waals surface area (Å²) in [6.07, 6.45) is 1.28. The molecule has 0 aromatic heterocycles. The highest BCUT2D eigenvalue weighted by molar-refractivity contribution is 7.99. The first-order valence-corrected chi connectivity index (χ1v) is 8.91. The second kappa shape index (κ2) is 7.58. The Morgan fingerprint density at radius 1 is 1.45 bits per heavy atom. The summed E-state index contributed by atoms with van der Waals surface area (Å²) in [7, 11) is 2.21. The highest BCUT2D eigenvalue weighted by atomic mass is 35.5. The highest BCUT2D eigenvalue weighted by Crippen LogP contribution is 2.30. The van der Waals surface area contributed by atoms with Gasteiger partial charge in [-0.3, -0.25) is 0 Å². The summed E-state index contributed by atoms with van der Waals surface area (Å²) in [5.41, 5.74) is 2.62. The number of nitrogens with zero attached hydrogens (tertiary/aromatic N) is 1. The average molecular weight is 313 g/mol. The van der Waals surface area contributed by atoms with E-state index in [2.05, 4.69) is 55.0 Å². The van der Waals surface area contributed by atoms with Crippen LogP contribution in [0.15, 0.2) is 18.2 Å². The van der Waals surface area contributed by atoms with Gasteiger partial charge in [0.25, 0.3) is 0 Å². The predicted octanol–water partition coefficient (Wildman–Crippen LogP) is 4.03. The Balaban J connectivity index is 2.09. The molecule has 0 aliphatic carbocycles. The Morgan fingerprint density at radius 2 is 2.25 bits per heavy atom. The first kappa shape index (κ1) is 16.0. The van der Waals surface area contributed by atoms with Crippen LogP contribution in [0.4, 0.5) is 5.69 Å². The molecule has 1 atom stereocenters. The van der Waals surface area contributed by atoms with Crippen molar-refractivity contribution in [3.8, 4) is 0 Å². The minimum atomic E-state index is 0.657. The number of nitrogens with one attached hydrogen (secondary N) is 1. The average Bonchev–Trinajstić information content (AvgIpc) is 2.91. The van der Waals surface area contributed by atoms with E-state index in [0.29, 0.717) is 12.0 Å². The van der Waals surface area contributed by atoms with Crippen molar-refractivity contribution in [2.45, 2.75) is 32.9 Å². The Bertz CT molecular complexity index is 430. The minimum absolute atomic E-state index is 0.657. The molecule has 0 amide bonds. The molecule has 1 N–H and O–H groups in total. The van der Waals surface area contributed by atoms with Gasteiger partial charge in [-0.05, 0) is 48.4 Å². The summed E-state index contributed by atoms with van der Waals surface area (Å²) in [4.78, 5) is 2.43. The lowest BCUT2D eigenvalue weighted by Gasteiger charge is -2.28. The van der Waals surface area contributed by atoms with Gasteiger partial charge in [0, 0.05) is 36.1 Å². The molecule has 2 rings (SSSR count). The van der Waals surface area contributed by atoms with Gasteiger partial charge in [0.05, 0.1) is 0 Å². The summed E-state index contributed by atoms with van der Waals surface area (Å²) in [5, 5.41) is 4.35. The SMILES string of the molecule is CC(C)CNCc1cc(Cl)ccc1N(C)C1CCSC1. The van der Waals surface area contributed by atoms with Gasteiger partial charge in [0.1, 0.15) is 0 Å². The van der Waals surface area contributed by atoms with Crippen molar-refractivity contribution < 1.29 is 0 Å². The van der Waals surface area contributed by atoms with Crippen LogP contribution in [0.3, 0.4) is 0 Å². The molecule has 0 bridgehead atoms. The summed E-state index contributed by atoms with van der Waals surface area (Å²) in [6, 6.07) is 6.92. The Kier molecular flexibility index (Phi) is 6.06. The number of anilines is 1. The van der Waals surface area contributed by atoms with E-state index in [0.717, 1.165) is 18.1 Å². The summed E-state index contributed by atoms with van der Waals surface area (Å²) in [5.74, 6) is 3.18. The number of halogens is 1. The molecule has 1 aromatic carbocycles. The van der Waals surface area contributed by atoms with Crippen LogP contribution in [-0.2, 0) is 6.54 Å². The molecule has 0 saturated carbocycles. The largest absolute Gasteiger partial charge is 0.370 e. The lowest BCUT2D eigenvalue weighted by molar-refractivity contribution is 0.551. The molecule has 1 aliphatic rings. The zero-order valence-corrected chi connectivity index (χ0v) is 14.2. The molecule has 1 fully saturated rings. The summed E-state index contributed by atoms with van der Waals surface area (Å²) < 4.78 is 0. The van der Waals surface area contributed by atoms with E-state index in [9.17, 15) is 0 Å². The van der Waals surface area contributed by atoms with Crippen LogP contribution in [0.5, 0.6) is 0 Å². The fourth-order valence-electron chi connectivity index (χ4n) is 2.56. The monoisotopic (exact) mass is 312 g/mol. The van der Waals surface area contributed by atoms with Crippen LogP contribution in [0.25, 0.3) is 0 Å². The van der Waals surface area contributed by atoms with Gasteiger partial charge in [-0.15, -0.1) is 0 Å². The molecule has 1 saturated heterocycles. The lowest BCUT2D eigenvalue weighted by atomic mass is 10.1. The van der Waals surface area contributed by atoms with Crippen molar-refractivity contribution in [3.05, 3.63) is 28.8 Å². The molecule has 20 heavy (non-hydrogen) atoms. The van der Waals surface area contributed by atoms with E-state index >= 15 is 0 Å². The van der Waals surface area contributed by atoms with Crippen molar-refractivity contribution in [2.75, 3.05) is 30.0 Å². The molecule has 1 heterocycles. The zero-order chi connectivity index (χ0) is 14.5. The third-order valence-corrected chi connectivity index (χ3v) is 5.12. The Labute approximate surface area is 132 Å². The number of hydrogen-bond acceptors (Lipinski definition) is 3. The van der Waals surface area contributed by atoms with Crippen molar-refractivity contribution in [1.82, 2.24) is 5.32 Å². The molecule has 0 spiro atoms. The third kappa shape index (κ3) is 4.31. The van der Waals surface area contributed by atoms with E-state index < -0.39 is 0 Å². The first-order chi connectivity index (χ1) is 9.58. The predicted molar refractivity (Wildman–Crippen MR) is 92.1 cm³/mol. The van der Waals surface area contributed by atoms with Gasteiger partial charge in [-0.25, -0.2) is 0 Å². The number of hydrogen-bond donors (Lipinski definition) is 1. The Morgan fingerprint density at radius 3 is 2.90 bits per heavy atom. The molecule has 0 radical (unpaired) electrons. The van der Waals surface area contributed by atoms with Crippen molar-refractivity contribution in [3.63, 3.8) is 0 Å². The van der Waals surface area contributed by atoms with Crippen LogP contribution in [0.1, 0.15) is 25.8 Å². The lowest BCUT2D eigenvalue weighted by Crippen LogP contribution is -2.32. The van der Waals surface area contributed by atoms with Crippen LogP contribution < -0.4 is 10.2 Å². The van der Waals surface area contributed by atoms with E-state index in [-0.39, 0.29) is 0 Å². The third-order valence-electron chi connectivity index (χ3n) is 3.74. The van der Waals surface area contributed by atoms with Gasteiger partial charge in [0.15, 0.2) is 0 Å². The number of rotatable bonds is 6. The van der Waals surface area contributed by atoms with E-state index in [1.165, 1.54) is 29.2 Å². The number of thioether (sulfide) groups is 1. The van der Waals surface area contributed by atoms with Gasteiger partial charge >= 0.3 is 0 Å². The first-order valence-electron chi connectivity index (χ1n) is 7.37. The summed E-state index contributed by atoms with van der Waals surface area (Å²) in [6.45, 7) is 6.38. The van der Waals surface area contributed by atoms with Gasteiger partial charge in [-0.1, -0.05) is 25.4 Å². The van der Waals surface area contributed by atoms with Crippen LogP contribution in [0.2, 0.25) is 5.02 Å². The fourth-order valence-corrected chi connectivity index (χ4v) is 4.02. The molecule has 112 valence electrons. The molecule has 4 heteroatoms. The molecule has 2 nitrogen and oxygen atoms in total. The molecule has 1 aliphatic heterocycles. The molecule has 1 aromatic rings. The maximum Gasteiger partial charge on any atom is 0.0413 e. The molecule has 1 unspecified atom stereocenters. The maximum absolute atomic E-state index is 6.17. The van der Waals surface area contributed by atoms with E-state index in [1.54, 1.807) is 0 Å². The Hall–Kier alpha value is -0.380. The van der Waals surface area contributed by atoms with Crippen LogP contribution in [-0.4, -0.2) is 31.1 Å². The second-order valence-electron chi connectivity index (χ2n) is 5.93.